The van der Waals surface area contributed by atoms with Gasteiger partial charge in [-0.2, -0.15) is 0 Å². The highest BCUT2D eigenvalue weighted by atomic mass is 19.1. The molecule has 1 N–H and O–H groups in total. The lowest BCUT2D eigenvalue weighted by Gasteiger charge is -2.25. The van der Waals surface area contributed by atoms with E-state index in [2.05, 4.69) is 18.8 Å². The average Bonchev–Trinajstić information content (AvgIpc) is 2.50. The van der Waals surface area contributed by atoms with Gasteiger partial charge in [0, 0.05) is 13.1 Å². The minimum atomic E-state index is -1.13. The van der Waals surface area contributed by atoms with Crippen molar-refractivity contribution in [2.75, 3.05) is 18.0 Å². The third-order valence-electron chi connectivity index (χ3n) is 3.70. The van der Waals surface area contributed by atoms with Gasteiger partial charge in [-0.3, -0.25) is 0 Å². The van der Waals surface area contributed by atoms with Gasteiger partial charge in [-0.05, 0) is 30.7 Å². The third-order valence-corrected chi connectivity index (χ3v) is 3.70. The van der Waals surface area contributed by atoms with Crippen LogP contribution in [-0.2, 0) is 0 Å². The van der Waals surface area contributed by atoms with Crippen LogP contribution in [0.4, 0.5) is 10.2 Å². The molecule has 1 aliphatic heterocycles. The second-order valence-electron chi connectivity index (χ2n) is 5.83. The van der Waals surface area contributed by atoms with E-state index in [1.54, 1.807) is 0 Å². The summed E-state index contributed by atoms with van der Waals surface area (Å²) >= 11 is 0. The SMILES string of the molecule is CC1(C)CCCN(c2ncc(F)cc2C(=O)O)CC1. The molecule has 2 heterocycles. The molecule has 2 rings (SSSR count). The lowest BCUT2D eigenvalue weighted by molar-refractivity contribution is 0.0696. The van der Waals surface area contributed by atoms with Gasteiger partial charge in [-0.1, -0.05) is 13.8 Å². The van der Waals surface area contributed by atoms with Gasteiger partial charge in [0.05, 0.1) is 6.20 Å². The number of hydrogen-bond acceptors (Lipinski definition) is 3. The number of nitrogens with zero attached hydrogens (tertiary/aromatic N) is 2. The summed E-state index contributed by atoms with van der Waals surface area (Å²) in [5, 5.41) is 9.16. The monoisotopic (exact) mass is 266 g/mol. The van der Waals surface area contributed by atoms with Crippen LogP contribution in [0.1, 0.15) is 43.5 Å². The van der Waals surface area contributed by atoms with Crippen molar-refractivity contribution in [3.63, 3.8) is 0 Å². The van der Waals surface area contributed by atoms with Crippen LogP contribution < -0.4 is 4.90 Å². The Morgan fingerprint density at radius 1 is 1.42 bits per heavy atom. The number of hydrogen-bond donors (Lipinski definition) is 1. The van der Waals surface area contributed by atoms with Crippen LogP contribution in [0.5, 0.6) is 0 Å². The van der Waals surface area contributed by atoms with Crippen molar-refractivity contribution in [1.29, 1.82) is 0 Å². The minimum absolute atomic E-state index is 0.0558. The molecule has 0 radical (unpaired) electrons. The van der Waals surface area contributed by atoms with Gasteiger partial charge in [0.2, 0.25) is 0 Å². The molecule has 1 aliphatic rings. The first kappa shape index (κ1) is 13.8. The van der Waals surface area contributed by atoms with E-state index in [4.69, 9.17) is 5.11 Å². The lowest BCUT2D eigenvalue weighted by atomic mass is 9.85. The molecular formula is C14H19FN2O2. The lowest BCUT2D eigenvalue weighted by Crippen LogP contribution is -2.28. The number of anilines is 1. The van der Waals surface area contributed by atoms with Crippen LogP contribution in [0, 0.1) is 11.2 Å². The zero-order valence-electron chi connectivity index (χ0n) is 11.3. The molecule has 0 bridgehead atoms. The van der Waals surface area contributed by atoms with Crippen molar-refractivity contribution in [3.05, 3.63) is 23.6 Å². The molecular weight excluding hydrogens is 247 g/mol. The standard InChI is InChI=1S/C14H19FN2O2/c1-14(2)4-3-6-17(7-5-14)12-11(13(18)19)8-10(15)9-16-12/h8-9H,3-7H2,1-2H3,(H,18,19). The number of carboxylic acids is 1. The molecule has 0 spiro atoms. The summed E-state index contributed by atoms with van der Waals surface area (Å²) in [5.41, 5.74) is 0.206. The Bertz CT molecular complexity index is 488. The van der Waals surface area contributed by atoms with Gasteiger partial charge >= 0.3 is 5.97 Å². The summed E-state index contributed by atoms with van der Waals surface area (Å²) in [7, 11) is 0. The maximum atomic E-state index is 13.1. The molecule has 19 heavy (non-hydrogen) atoms. The van der Waals surface area contributed by atoms with Gasteiger partial charge in [-0.25, -0.2) is 14.2 Å². The highest BCUT2D eigenvalue weighted by molar-refractivity contribution is 5.93. The normalized spacial score (nSPS) is 19.0. The predicted octanol–water partition coefficient (Wildman–Crippen LogP) is 2.94. The second-order valence-corrected chi connectivity index (χ2v) is 5.83. The molecule has 0 aromatic carbocycles. The number of carboxylic acid groups (broad SMARTS) is 1. The van der Waals surface area contributed by atoms with Crippen LogP contribution >= 0.6 is 0 Å². The molecule has 1 saturated heterocycles. The van der Waals surface area contributed by atoms with E-state index in [1.807, 2.05) is 4.90 Å². The summed E-state index contributed by atoms with van der Waals surface area (Å²) < 4.78 is 13.1. The maximum absolute atomic E-state index is 13.1. The van der Waals surface area contributed by atoms with Crippen molar-refractivity contribution in [1.82, 2.24) is 4.98 Å². The molecule has 0 amide bonds. The molecule has 1 aromatic heterocycles. The van der Waals surface area contributed by atoms with Crippen LogP contribution in [0.25, 0.3) is 0 Å². The first-order valence-corrected chi connectivity index (χ1v) is 6.53. The molecule has 4 nitrogen and oxygen atoms in total. The fourth-order valence-corrected chi connectivity index (χ4v) is 2.48. The molecule has 5 heteroatoms. The fraction of sp³-hybridized carbons (Fsp3) is 0.571. The van der Waals surface area contributed by atoms with Crippen molar-refractivity contribution in [2.45, 2.75) is 33.1 Å². The minimum Gasteiger partial charge on any atom is -0.478 e. The summed E-state index contributed by atoms with van der Waals surface area (Å²) in [4.78, 5) is 17.1. The number of aromatic nitrogens is 1. The first-order chi connectivity index (χ1) is 8.89. The van der Waals surface area contributed by atoms with E-state index < -0.39 is 11.8 Å². The third kappa shape index (κ3) is 3.22. The van der Waals surface area contributed by atoms with E-state index in [0.717, 1.165) is 44.6 Å². The molecule has 1 aromatic rings. The van der Waals surface area contributed by atoms with Crippen molar-refractivity contribution in [2.24, 2.45) is 5.41 Å². The molecule has 0 saturated carbocycles. The predicted molar refractivity (Wildman–Crippen MR) is 71.0 cm³/mol. The molecule has 0 aliphatic carbocycles. The summed E-state index contributed by atoms with van der Waals surface area (Å²) in [5.74, 6) is -1.37. The number of halogens is 1. The van der Waals surface area contributed by atoms with E-state index in [0.29, 0.717) is 5.82 Å². The quantitative estimate of drug-likeness (QED) is 0.894. The Labute approximate surface area is 112 Å². The summed E-state index contributed by atoms with van der Waals surface area (Å²) in [6.07, 6.45) is 4.15. The van der Waals surface area contributed by atoms with Crippen LogP contribution in [0.3, 0.4) is 0 Å². The number of pyridine rings is 1. The van der Waals surface area contributed by atoms with Gasteiger partial charge in [0.15, 0.2) is 0 Å². The average molecular weight is 266 g/mol. The van der Waals surface area contributed by atoms with Crippen molar-refractivity contribution in [3.8, 4) is 0 Å². The molecule has 0 unspecified atom stereocenters. The topological polar surface area (TPSA) is 53.4 Å². The van der Waals surface area contributed by atoms with Gasteiger partial charge in [0.1, 0.15) is 17.2 Å². The Morgan fingerprint density at radius 3 is 2.84 bits per heavy atom. The zero-order chi connectivity index (χ0) is 14.0. The first-order valence-electron chi connectivity index (χ1n) is 6.53. The van der Waals surface area contributed by atoms with Gasteiger partial charge < -0.3 is 10.0 Å². The Hall–Kier alpha value is -1.65. The van der Waals surface area contributed by atoms with E-state index in [9.17, 15) is 9.18 Å². The van der Waals surface area contributed by atoms with Crippen LogP contribution in [0.15, 0.2) is 12.3 Å². The highest BCUT2D eigenvalue weighted by Crippen LogP contribution is 2.32. The van der Waals surface area contributed by atoms with Crippen molar-refractivity contribution < 1.29 is 14.3 Å². The smallest absolute Gasteiger partial charge is 0.339 e. The molecule has 0 atom stereocenters. The van der Waals surface area contributed by atoms with Gasteiger partial charge in [0.25, 0.3) is 0 Å². The highest BCUT2D eigenvalue weighted by Gasteiger charge is 2.26. The van der Waals surface area contributed by atoms with E-state index >= 15 is 0 Å². The van der Waals surface area contributed by atoms with Crippen LogP contribution in [-0.4, -0.2) is 29.1 Å². The Kier molecular flexibility index (Phi) is 3.73. The molecule has 1 fully saturated rings. The van der Waals surface area contributed by atoms with E-state index in [-0.39, 0.29) is 11.0 Å². The second kappa shape index (κ2) is 5.15. The Morgan fingerprint density at radius 2 is 2.16 bits per heavy atom. The van der Waals surface area contributed by atoms with E-state index in [1.165, 1.54) is 0 Å². The molecule has 104 valence electrons. The maximum Gasteiger partial charge on any atom is 0.339 e. The fourth-order valence-electron chi connectivity index (χ4n) is 2.48. The number of aromatic carboxylic acids is 1. The van der Waals surface area contributed by atoms with Gasteiger partial charge in [-0.15, -0.1) is 0 Å². The zero-order valence-corrected chi connectivity index (χ0v) is 11.3. The summed E-state index contributed by atoms with van der Waals surface area (Å²) in [6.45, 7) is 5.95. The Balaban J connectivity index is 2.29. The van der Waals surface area contributed by atoms with Crippen molar-refractivity contribution >= 4 is 11.8 Å². The summed E-state index contributed by atoms with van der Waals surface area (Å²) in [6, 6.07) is 1.04. The van der Waals surface area contributed by atoms with Crippen LogP contribution in [0.2, 0.25) is 0 Å². The largest absolute Gasteiger partial charge is 0.478 e. The number of rotatable bonds is 2. The number of carbonyl (C=O) groups is 1.